The van der Waals surface area contributed by atoms with Gasteiger partial charge in [-0.1, -0.05) is 12.1 Å². The molecule has 0 saturated carbocycles. The lowest BCUT2D eigenvalue weighted by atomic mass is 10.1. The van der Waals surface area contributed by atoms with Crippen LogP contribution in [-0.4, -0.2) is 34.9 Å². The molecule has 1 atom stereocenters. The molecule has 1 aliphatic rings. The monoisotopic (exact) mass is 441 g/mol. The molecule has 168 valence electrons. The zero-order valence-electron chi connectivity index (χ0n) is 17.8. The number of nitrogens with one attached hydrogen (secondary N) is 1. The molecule has 4 rings (SSSR count). The number of aromatic nitrogens is 2. The van der Waals surface area contributed by atoms with Gasteiger partial charge in [0.15, 0.2) is 11.6 Å². The van der Waals surface area contributed by atoms with Crippen molar-refractivity contribution in [3.8, 4) is 17.3 Å². The van der Waals surface area contributed by atoms with Crippen molar-refractivity contribution in [2.75, 3.05) is 13.2 Å². The second kappa shape index (κ2) is 9.91. The van der Waals surface area contributed by atoms with Gasteiger partial charge in [-0.05, 0) is 62.6 Å². The predicted molar refractivity (Wildman–Crippen MR) is 115 cm³/mol. The van der Waals surface area contributed by atoms with Crippen molar-refractivity contribution in [2.24, 2.45) is 0 Å². The largest absolute Gasteiger partial charge is 0.436 e. The van der Waals surface area contributed by atoms with Crippen LogP contribution in [0.1, 0.15) is 30.5 Å². The summed E-state index contributed by atoms with van der Waals surface area (Å²) in [6.45, 7) is 3.03. The number of halogens is 2. The van der Waals surface area contributed by atoms with Crippen LogP contribution in [0, 0.1) is 18.6 Å². The number of hydrogen-bond donors (Lipinski definition) is 1. The number of ether oxygens (including phenoxy) is 2. The third-order valence-corrected chi connectivity index (χ3v) is 5.40. The summed E-state index contributed by atoms with van der Waals surface area (Å²) in [5.74, 6) is -0.660. The molecule has 1 N–H and O–H groups in total. The van der Waals surface area contributed by atoms with Crippen molar-refractivity contribution in [1.82, 2.24) is 15.1 Å². The smallest absolute Gasteiger partial charge is 0.226 e. The standard InChI is InChI=1S/C24H25F2N3O3/c1-16-20(12-13-23(30)27-15-19-5-4-14-31-19)24(32-22-7-3-2-6-21(22)26)29(28-16)18-10-8-17(25)9-11-18/h2-3,6-11,19H,4-5,12-15H2,1H3,(H,27,30). The van der Waals surface area contributed by atoms with Gasteiger partial charge in [-0.2, -0.15) is 5.10 Å². The van der Waals surface area contributed by atoms with Gasteiger partial charge in [-0.25, -0.2) is 13.5 Å². The molecule has 2 aromatic carbocycles. The van der Waals surface area contributed by atoms with Crippen LogP contribution in [0.4, 0.5) is 8.78 Å². The summed E-state index contributed by atoms with van der Waals surface area (Å²) in [6.07, 6.45) is 2.61. The molecule has 1 unspecified atom stereocenters. The number of nitrogens with zero attached hydrogens (tertiary/aromatic N) is 2. The molecule has 2 heterocycles. The molecule has 0 aliphatic carbocycles. The Balaban J connectivity index is 1.56. The van der Waals surface area contributed by atoms with Crippen LogP contribution in [0.2, 0.25) is 0 Å². The minimum absolute atomic E-state index is 0.0415. The van der Waals surface area contributed by atoms with Crippen LogP contribution in [0.5, 0.6) is 11.6 Å². The van der Waals surface area contributed by atoms with Gasteiger partial charge >= 0.3 is 0 Å². The highest BCUT2D eigenvalue weighted by molar-refractivity contribution is 5.76. The van der Waals surface area contributed by atoms with Gasteiger partial charge in [0.25, 0.3) is 0 Å². The van der Waals surface area contributed by atoms with Crippen molar-refractivity contribution < 1.29 is 23.0 Å². The summed E-state index contributed by atoms with van der Waals surface area (Å²) in [4.78, 5) is 12.4. The maximum Gasteiger partial charge on any atom is 0.226 e. The van der Waals surface area contributed by atoms with Gasteiger partial charge in [0.2, 0.25) is 11.8 Å². The normalized spacial score (nSPS) is 15.7. The summed E-state index contributed by atoms with van der Waals surface area (Å²) in [6, 6.07) is 11.8. The van der Waals surface area contributed by atoms with E-state index in [0.717, 1.165) is 19.4 Å². The molecule has 1 aromatic heterocycles. The summed E-state index contributed by atoms with van der Waals surface area (Å²) >= 11 is 0. The van der Waals surface area contributed by atoms with E-state index in [-0.39, 0.29) is 30.0 Å². The van der Waals surface area contributed by atoms with Gasteiger partial charge in [0.05, 0.1) is 17.5 Å². The first-order chi connectivity index (χ1) is 15.5. The SMILES string of the molecule is Cc1nn(-c2ccc(F)cc2)c(Oc2ccccc2F)c1CCC(=O)NCC1CCCO1. The average molecular weight is 441 g/mol. The lowest BCUT2D eigenvalue weighted by Crippen LogP contribution is -2.31. The molecule has 0 radical (unpaired) electrons. The van der Waals surface area contributed by atoms with Gasteiger partial charge < -0.3 is 14.8 Å². The van der Waals surface area contributed by atoms with Crippen LogP contribution in [0.3, 0.4) is 0 Å². The van der Waals surface area contributed by atoms with Crippen LogP contribution in [-0.2, 0) is 16.0 Å². The van der Waals surface area contributed by atoms with E-state index in [4.69, 9.17) is 9.47 Å². The Morgan fingerprint density at radius 1 is 1.22 bits per heavy atom. The fourth-order valence-corrected chi connectivity index (χ4v) is 3.68. The number of amides is 1. The van der Waals surface area contributed by atoms with Crippen molar-refractivity contribution in [3.63, 3.8) is 0 Å². The number of aryl methyl sites for hydroxylation is 1. The number of carbonyl (C=O) groups excluding carboxylic acids is 1. The summed E-state index contributed by atoms with van der Waals surface area (Å²) in [5.41, 5.74) is 1.90. The van der Waals surface area contributed by atoms with Crippen LogP contribution in [0.25, 0.3) is 5.69 Å². The molecule has 1 fully saturated rings. The van der Waals surface area contributed by atoms with Crippen molar-refractivity contribution in [2.45, 2.75) is 38.7 Å². The third kappa shape index (κ3) is 5.13. The summed E-state index contributed by atoms with van der Waals surface area (Å²) in [7, 11) is 0. The fourth-order valence-electron chi connectivity index (χ4n) is 3.68. The van der Waals surface area contributed by atoms with E-state index >= 15 is 0 Å². The van der Waals surface area contributed by atoms with E-state index in [1.165, 1.54) is 28.9 Å². The molecule has 3 aromatic rings. The quantitative estimate of drug-likeness (QED) is 0.560. The van der Waals surface area contributed by atoms with Crippen molar-refractivity contribution in [3.05, 3.63) is 71.4 Å². The summed E-state index contributed by atoms with van der Waals surface area (Å²) in [5, 5.41) is 7.42. The Hall–Kier alpha value is -3.26. The lowest BCUT2D eigenvalue weighted by Gasteiger charge is -2.13. The minimum Gasteiger partial charge on any atom is -0.436 e. The van der Waals surface area contributed by atoms with Crippen LogP contribution >= 0.6 is 0 Å². The second-order valence-electron chi connectivity index (χ2n) is 7.73. The molecule has 6 nitrogen and oxygen atoms in total. The zero-order chi connectivity index (χ0) is 22.5. The van der Waals surface area contributed by atoms with Crippen molar-refractivity contribution in [1.29, 1.82) is 0 Å². The van der Waals surface area contributed by atoms with Crippen LogP contribution < -0.4 is 10.1 Å². The molecular formula is C24H25F2N3O3. The lowest BCUT2D eigenvalue weighted by molar-refractivity contribution is -0.121. The zero-order valence-corrected chi connectivity index (χ0v) is 17.8. The molecule has 1 amide bonds. The molecule has 0 spiro atoms. The Morgan fingerprint density at radius 2 is 2.00 bits per heavy atom. The van der Waals surface area contributed by atoms with E-state index in [1.807, 2.05) is 0 Å². The highest BCUT2D eigenvalue weighted by Crippen LogP contribution is 2.32. The average Bonchev–Trinajstić information content (AvgIpc) is 3.41. The minimum atomic E-state index is -0.516. The molecule has 32 heavy (non-hydrogen) atoms. The topological polar surface area (TPSA) is 65.4 Å². The van der Waals surface area contributed by atoms with E-state index in [0.29, 0.717) is 35.8 Å². The predicted octanol–water partition coefficient (Wildman–Crippen LogP) is 4.48. The number of hydrogen-bond acceptors (Lipinski definition) is 4. The highest BCUT2D eigenvalue weighted by atomic mass is 19.1. The third-order valence-electron chi connectivity index (χ3n) is 5.40. The van der Waals surface area contributed by atoms with Gasteiger partial charge in [-0.3, -0.25) is 4.79 Å². The fraction of sp³-hybridized carbons (Fsp3) is 0.333. The van der Waals surface area contributed by atoms with Gasteiger partial charge in [-0.15, -0.1) is 0 Å². The Bertz CT molecular complexity index is 1080. The van der Waals surface area contributed by atoms with E-state index in [1.54, 1.807) is 31.2 Å². The summed E-state index contributed by atoms with van der Waals surface area (Å²) < 4.78 is 40.7. The van der Waals surface area contributed by atoms with E-state index in [9.17, 15) is 13.6 Å². The first-order valence-electron chi connectivity index (χ1n) is 10.7. The second-order valence-corrected chi connectivity index (χ2v) is 7.73. The number of benzene rings is 2. The van der Waals surface area contributed by atoms with Gasteiger partial charge in [0, 0.05) is 25.1 Å². The first-order valence-corrected chi connectivity index (χ1v) is 10.7. The van der Waals surface area contributed by atoms with Crippen molar-refractivity contribution >= 4 is 5.91 Å². The molecule has 0 bridgehead atoms. The van der Waals surface area contributed by atoms with E-state index < -0.39 is 5.82 Å². The maximum absolute atomic E-state index is 14.3. The Kier molecular flexibility index (Phi) is 6.80. The first kappa shape index (κ1) is 22.0. The van der Waals surface area contributed by atoms with E-state index in [2.05, 4.69) is 10.4 Å². The number of carbonyl (C=O) groups is 1. The Labute approximate surface area is 185 Å². The molecule has 1 saturated heterocycles. The molecular weight excluding hydrogens is 416 g/mol. The number of para-hydroxylation sites is 1. The maximum atomic E-state index is 14.3. The highest BCUT2D eigenvalue weighted by Gasteiger charge is 2.22. The molecule has 8 heteroatoms. The van der Waals surface area contributed by atoms with Crippen LogP contribution in [0.15, 0.2) is 48.5 Å². The molecule has 1 aliphatic heterocycles. The Morgan fingerprint density at radius 3 is 2.72 bits per heavy atom. The van der Waals surface area contributed by atoms with Gasteiger partial charge in [0.1, 0.15) is 5.82 Å². The number of rotatable bonds is 8.